The summed E-state index contributed by atoms with van der Waals surface area (Å²) in [5.74, 6) is -0.104. The Labute approximate surface area is 169 Å². The van der Waals surface area contributed by atoms with Crippen molar-refractivity contribution in [3.63, 3.8) is 0 Å². The molecule has 0 atom stereocenters. The smallest absolute Gasteiger partial charge is 0.257 e. The lowest BCUT2D eigenvalue weighted by atomic mass is 10.3. The van der Waals surface area contributed by atoms with Crippen molar-refractivity contribution < 1.29 is 17.6 Å². The molecule has 1 amide bonds. The molecule has 0 saturated carbocycles. The predicted octanol–water partition coefficient (Wildman–Crippen LogP) is 3.96. The van der Waals surface area contributed by atoms with Crippen LogP contribution in [0.25, 0.3) is 21.3 Å². The van der Waals surface area contributed by atoms with Crippen molar-refractivity contribution in [3.05, 3.63) is 42.5 Å². The van der Waals surface area contributed by atoms with Crippen molar-refractivity contribution in [2.45, 2.75) is 17.0 Å². The quantitative estimate of drug-likeness (QED) is 0.459. The third-order valence-corrected chi connectivity index (χ3v) is 7.46. The van der Waals surface area contributed by atoms with Gasteiger partial charge in [-0.15, -0.1) is 0 Å². The summed E-state index contributed by atoms with van der Waals surface area (Å²) < 4.78 is 30.6. The van der Waals surface area contributed by atoms with Gasteiger partial charge in [0.25, 0.3) is 5.22 Å². The van der Waals surface area contributed by atoms with Gasteiger partial charge in [0.15, 0.2) is 20.6 Å². The molecule has 2 aromatic carbocycles. The summed E-state index contributed by atoms with van der Waals surface area (Å²) in [6, 6.07) is 12.2. The number of thioether (sulfide) groups is 1. The Morgan fingerprint density at radius 1 is 1.18 bits per heavy atom. The SMILES string of the molecule is CCS(=O)(=O)c1ccc2oc(SCC(=O)Nc3nc4ccccc4s3)nc2c1. The molecule has 2 heterocycles. The van der Waals surface area contributed by atoms with Gasteiger partial charge in [0.1, 0.15) is 5.52 Å². The molecule has 10 heteroatoms. The lowest BCUT2D eigenvalue weighted by Crippen LogP contribution is -2.13. The number of rotatable bonds is 6. The Balaban J connectivity index is 1.43. The fraction of sp³-hybridized carbons (Fsp3) is 0.167. The number of thiazole rings is 1. The molecule has 2 aromatic heterocycles. The molecular formula is C18H15N3O4S3. The largest absolute Gasteiger partial charge is 0.431 e. The van der Waals surface area contributed by atoms with Crippen LogP contribution < -0.4 is 5.32 Å². The average Bonchev–Trinajstić information content (AvgIpc) is 3.28. The number of hydrogen-bond donors (Lipinski definition) is 1. The van der Waals surface area contributed by atoms with Crippen molar-refractivity contribution in [2.75, 3.05) is 16.8 Å². The maximum Gasteiger partial charge on any atom is 0.257 e. The average molecular weight is 434 g/mol. The molecule has 144 valence electrons. The van der Waals surface area contributed by atoms with Gasteiger partial charge in [0.2, 0.25) is 5.91 Å². The molecule has 7 nitrogen and oxygen atoms in total. The lowest BCUT2D eigenvalue weighted by molar-refractivity contribution is -0.113. The van der Waals surface area contributed by atoms with E-state index in [1.165, 1.54) is 23.5 Å². The third-order valence-electron chi connectivity index (χ3n) is 3.95. The molecule has 0 aliphatic heterocycles. The van der Waals surface area contributed by atoms with Crippen LogP contribution >= 0.6 is 23.1 Å². The molecule has 0 fully saturated rings. The summed E-state index contributed by atoms with van der Waals surface area (Å²) in [7, 11) is -3.31. The second kappa shape index (κ2) is 7.53. The monoisotopic (exact) mass is 433 g/mol. The first-order valence-electron chi connectivity index (χ1n) is 8.36. The highest BCUT2D eigenvalue weighted by Gasteiger charge is 2.16. The molecule has 0 radical (unpaired) electrons. The number of hydrogen-bond acceptors (Lipinski definition) is 8. The minimum absolute atomic E-state index is 0.0178. The van der Waals surface area contributed by atoms with Crippen molar-refractivity contribution in [1.82, 2.24) is 9.97 Å². The number of amides is 1. The molecule has 4 rings (SSSR count). The van der Waals surface area contributed by atoms with E-state index in [2.05, 4.69) is 15.3 Å². The van der Waals surface area contributed by atoms with Crippen LogP contribution in [0.2, 0.25) is 0 Å². The van der Waals surface area contributed by atoms with Crippen LogP contribution in [0.3, 0.4) is 0 Å². The molecular weight excluding hydrogens is 418 g/mol. The summed E-state index contributed by atoms with van der Waals surface area (Å²) in [6.07, 6.45) is 0. The van der Waals surface area contributed by atoms with Gasteiger partial charge in [-0.25, -0.2) is 18.4 Å². The Morgan fingerprint density at radius 2 is 2.00 bits per heavy atom. The molecule has 28 heavy (non-hydrogen) atoms. The summed E-state index contributed by atoms with van der Waals surface area (Å²) in [4.78, 5) is 21.0. The van der Waals surface area contributed by atoms with Gasteiger partial charge in [-0.3, -0.25) is 4.79 Å². The van der Waals surface area contributed by atoms with Gasteiger partial charge >= 0.3 is 0 Å². The zero-order valence-corrected chi connectivity index (χ0v) is 17.2. The summed E-state index contributed by atoms with van der Waals surface area (Å²) >= 11 is 2.55. The van der Waals surface area contributed by atoms with E-state index in [0.717, 1.165) is 22.0 Å². The fourth-order valence-corrected chi connectivity index (χ4v) is 4.94. The van der Waals surface area contributed by atoms with Crippen LogP contribution in [0.1, 0.15) is 6.92 Å². The summed E-state index contributed by atoms with van der Waals surface area (Å²) in [5.41, 5.74) is 1.76. The lowest BCUT2D eigenvalue weighted by Gasteiger charge is -1.99. The number of fused-ring (bicyclic) bond motifs is 2. The van der Waals surface area contributed by atoms with Crippen molar-refractivity contribution in [3.8, 4) is 0 Å². The topological polar surface area (TPSA) is 102 Å². The summed E-state index contributed by atoms with van der Waals surface area (Å²) in [5, 5.41) is 3.62. The van der Waals surface area contributed by atoms with E-state index < -0.39 is 9.84 Å². The van der Waals surface area contributed by atoms with Crippen molar-refractivity contribution in [2.24, 2.45) is 0 Å². The van der Waals surface area contributed by atoms with Gasteiger partial charge in [-0.05, 0) is 30.3 Å². The Morgan fingerprint density at radius 3 is 2.79 bits per heavy atom. The molecule has 4 aromatic rings. The highest BCUT2D eigenvalue weighted by molar-refractivity contribution is 7.99. The van der Waals surface area contributed by atoms with E-state index in [-0.39, 0.29) is 22.3 Å². The third kappa shape index (κ3) is 3.89. The molecule has 0 spiro atoms. The number of nitrogens with zero attached hydrogens (tertiary/aromatic N) is 2. The molecule has 0 saturated heterocycles. The molecule has 1 N–H and O–H groups in total. The number of benzene rings is 2. The second-order valence-electron chi connectivity index (χ2n) is 5.84. The molecule has 0 bridgehead atoms. The normalized spacial score (nSPS) is 11.9. The van der Waals surface area contributed by atoms with E-state index >= 15 is 0 Å². The van der Waals surface area contributed by atoms with E-state index in [9.17, 15) is 13.2 Å². The first-order chi connectivity index (χ1) is 13.4. The maximum absolute atomic E-state index is 12.2. The number of oxazole rings is 1. The van der Waals surface area contributed by atoms with Crippen LogP contribution in [-0.4, -0.2) is 35.8 Å². The van der Waals surface area contributed by atoms with E-state index in [1.54, 1.807) is 13.0 Å². The number of para-hydroxylation sites is 1. The van der Waals surface area contributed by atoms with Gasteiger partial charge in [0.05, 0.1) is 26.6 Å². The van der Waals surface area contributed by atoms with Crippen LogP contribution in [0.5, 0.6) is 0 Å². The van der Waals surface area contributed by atoms with E-state index in [4.69, 9.17) is 4.42 Å². The number of anilines is 1. The second-order valence-corrected chi connectivity index (χ2v) is 10.1. The molecule has 0 aliphatic carbocycles. The minimum atomic E-state index is -3.31. The van der Waals surface area contributed by atoms with Crippen LogP contribution in [0.15, 0.2) is 57.0 Å². The Bertz CT molecular complexity index is 1240. The first-order valence-corrected chi connectivity index (χ1v) is 11.8. The van der Waals surface area contributed by atoms with Crippen LogP contribution in [0.4, 0.5) is 5.13 Å². The zero-order chi connectivity index (χ0) is 19.7. The number of carbonyl (C=O) groups excluding carboxylic acids is 1. The number of nitrogens with one attached hydrogen (secondary N) is 1. The molecule has 0 aliphatic rings. The molecule has 0 unspecified atom stereocenters. The number of carbonyl (C=O) groups is 1. The van der Waals surface area contributed by atoms with Gasteiger partial charge < -0.3 is 9.73 Å². The summed E-state index contributed by atoms with van der Waals surface area (Å²) in [6.45, 7) is 1.59. The van der Waals surface area contributed by atoms with Gasteiger partial charge in [0, 0.05) is 0 Å². The Hall–Kier alpha value is -2.43. The maximum atomic E-state index is 12.2. The van der Waals surface area contributed by atoms with E-state index in [1.807, 2.05) is 24.3 Å². The van der Waals surface area contributed by atoms with Crippen molar-refractivity contribution in [1.29, 1.82) is 0 Å². The zero-order valence-electron chi connectivity index (χ0n) is 14.7. The fourth-order valence-electron chi connectivity index (χ4n) is 2.52. The first kappa shape index (κ1) is 18.9. The number of sulfone groups is 1. The van der Waals surface area contributed by atoms with E-state index in [0.29, 0.717) is 21.5 Å². The highest BCUT2D eigenvalue weighted by atomic mass is 32.2. The van der Waals surface area contributed by atoms with Gasteiger partial charge in [-0.2, -0.15) is 0 Å². The van der Waals surface area contributed by atoms with Crippen LogP contribution in [0, 0.1) is 0 Å². The predicted molar refractivity (Wildman–Crippen MR) is 111 cm³/mol. The minimum Gasteiger partial charge on any atom is -0.431 e. The van der Waals surface area contributed by atoms with Crippen LogP contribution in [-0.2, 0) is 14.6 Å². The Kier molecular flexibility index (Phi) is 5.09. The van der Waals surface area contributed by atoms with Gasteiger partial charge in [-0.1, -0.05) is 42.2 Å². The highest BCUT2D eigenvalue weighted by Crippen LogP contribution is 2.27. The number of aromatic nitrogens is 2. The standard InChI is InChI=1S/C18H15N3O4S3/c1-2-28(23,24)11-7-8-14-13(9-11)20-18(25-14)26-10-16(22)21-17-19-12-5-3-4-6-15(12)27-17/h3-9H,2,10H2,1H3,(H,19,21,22). The van der Waals surface area contributed by atoms with Crippen molar-refractivity contribution >= 4 is 65.3 Å².